The standard InChI is InChI=1S/C33H34NO9P/c1-21(35)39-20-28-30(40-22(2)36)31(41-23(3)37)32(42-24(4)38)33(43-28)34-19-25-13-11-12-18-29(25)44(26-14-7-5-8-15-26)27-16-9-6-10-17-27/h5-19,28,30-33H,20H2,1-4H3/b34-19+/t28-,30-,31+,32-,33-/m1/s1. The predicted molar refractivity (Wildman–Crippen MR) is 165 cm³/mol. The fourth-order valence-electron chi connectivity index (χ4n) is 4.86. The van der Waals surface area contributed by atoms with E-state index in [-0.39, 0.29) is 6.61 Å². The lowest BCUT2D eigenvalue weighted by Gasteiger charge is -2.43. The lowest BCUT2D eigenvalue weighted by atomic mass is 9.97. The van der Waals surface area contributed by atoms with Crippen LogP contribution in [0.4, 0.5) is 0 Å². The fourth-order valence-corrected chi connectivity index (χ4v) is 7.28. The number of ether oxygens (including phenoxy) is 5. The second-order valence-electron chi connectivity index (χ2n) is 9.93. The summed E-state index contributed by atoms with van der Waals surface area (Å²) >= 11 is 0. The van der Waals surface area contributed by atoms with Crippen molar-refractivity contribution in [3.05, 3.63) is 90.5 Å². The molecular formula is C33H34NO9P. The number of nitrogens with zero attached hydrogens (tertiary/aromatic N) is 1. The van der Waals surface area contributed by atoms with Crippen molar-refractivity contribution in [1.82, 2.24) is 0 Å². The van der Waals surface area contributed by atoms with Crippen LogP contribution in [0.15, 0.2) is 89.9 Å². The Kier molecular flexibility index (Phi) is 11.4. The summed E-state index contributed by atoms with van der Waals surface area (Å²) in [6.07, 6.45) is -4.48. The first-order valence-electron chi connectivity index (χ1n) is 14.0. The van der Waals surface area contributed by atoms with E-state index < -0.39 is 62.4 Å². The monoisotopic (exact) mass is 619 g/mol. The van der Waals surface area contributed by atoms with Gasteiger partial charge in [0.25, 0.3) is 0 Å². The van der Waals surface area contributed by atoms with Crippen molar-refractivity contribution in [2.75, 3.05) is 6.61 Å². The van der Waals surface area contributed by atoms with Gasteiger partial charge < -0.3 is 23.7 Å². The topological polar surface area (TPSA) is 127 Å². The maximum absolute atomic E-state index is 12.2. The molecule has 11 heteroatoms. The van der Waals surface area contributed by atoms with Gasteiger partial charge in [0.05, 0.1) is 0 Å². The molecule has 0 saturated carbocycles. The van der Waals surface area contributed by atoms with Crippen LogP contribution >= 0.6 is 7.92 Å². The molecule has 0 aliphatic carbocycles. The SMILES string of the molecule is CC(=O)OC[C@H]1O[C@@H](/N=C/c2ccccc2P(c2ccccc2)c2ccccc2)[C@H](OC(C)=O)[C@@H](OC(C)=O)[C@@H]1OC(C)=O. The molecular weight excluding hydrogens is 585 g/mol. The zero-order valence-electron chi connectivity index (χ0n) is 24.8. The largest absolute Gasteiger partial charge is 0.463 e. The van der Waals surface area contributed by atoms with E-state index in [0.29, 0.717) is 0 Å². The van der Waals surface area contributed by atoms with Gasteiger partial charge in [0.2, 0.25) is 0 Å². The highest BCUT2D eigenvalue weighted by molar-refractivity contribution is 7.80. The Hall–Kier alpha value is -4.40. The third kappa shape index (κ3) is 8.58. The zero-order chi connectivity index (χ0) is 31.6. The van der Waals surface area contributed by atoms with Crippen molar-refractivity contribution < 1.29 is 42.9 Å². The van der Waals surface area contributed by atoms with Gasteiger partial charge in [-0.2, -0.15) is 0 Å². The van der Waals surface area contributed by atoms with Crippen LogP contribution in [-0.2, 0) is 42.9 Å². The van der Waals surface area contributed by atoms with Crippen molar-refractivity contribution in [3.63, 3.8) is 0 Å². The smallest absolute Gasteiger partial charge is 0.303 e. The Balaban J connectivity index is 1.77. The summed E-state index contributed by atoms with van der Waals surface area (Å²) in [6, 6.07) is 28.1. The number of benzene rings is 3. The molecule has 4 rings (SSSR count). The van der Waals surface area contributed by atoms with Gasteiger partial charge >= 0.3 is 23.9 Å². The molecule has 5 atom stereocenters. The van der Waals surface area contributed by atoms with E-state index >= 15 is 0 Å². The van der Waals surface area contributed by atoms with Crippen LogP contribution in [0.1, 0.15) is 33.3 Å². The quantitative estimate of drug-likeness (QED) is 0.146. The van der Waals surface area contributed by atoms with Gasteiger partial charge in [-0.15, -0.1) is 0 Å². The molecule has 0 radical (unpaired) electrons. The van der Waals surface area contributed by atoms with Crippen molar-refractivity contribution >= 4 is 53.9 Å². The minimum Gasteiger partial charge on any atom is -0.463 e. The molecule has 1 aliphatic rings. The van der Waals surface area contributed by atoms with Crippen LogP contribution in [-0.4, -0.2) is 67.3 Å². The number of esters is 4. The average molecular weight is 620 g/mol. The third-order valence-electron chi connectivity index (χ3n) is 6.53. The number of carbonyl (C=O) groups is 4. The second-order valence-corrected chi connectivity index (χ2v) is 12.1. The zero-order valence-corrected chi connectivity index (χ0v) is 25.7. The minimum atomic E-state index is -1.29. The highest BCUT2D eigenvalue weighted by Crippen LogP contribution is 2.34. The molecule has 3 aromatic rings. The van der Waals surface area contributed by atoms with Gasteiger partial charge in [-0.3, -0.25) is 24.2 Å². The van der Waals surface area contributed by atoms with Crippen LogP contribution in [0.2, 0.25) is 0 Å². The third-order valence-corrected chi connectivity index (χ3v) is 9.05. The fraction of sp³-hybridized carbons (Fsp3) is 0.303. The highest BCUT2D eigenvalue weighted by atomic mass is 31.1. The first-order valence-corrected chi connectivity index (χ1v) is 15.3. The van der Waals surface area contributed by atoms with Crippen LogP contribution in [0.3, 0.4) is 0 Å². The van der Waals surface area contributed by atoms with E-state index in [1.54, 1.807) is 6.21 Å². The molecule has 1 heterocycles. The average Bonchev–Trinajstić information content (AvgIpc) is 2.99. The lowest BCUT2D eigenvalue weighted by molar-refractivity contribution is -0.250. The summed E-state index contributed by atoms with van der Waals surface area (Å²) in [4.78, 5) is 52.7. The summed E-state index contributed by atoms with van der Waals surface area (Å²) < 4.78 is 27.9. The Labute approximate surface area is 257 Å². The van der Waals surface area contributed by atoms with E-state index in [0.717, 1.165) is 21.5 Å². The molecule has 0 N–H and O–H groups in total. The van der Waals surface area contributed by atoms with E-state index in [9.17, 15) is 19.2 Å². The molecule has 0 bridgehead atoms. The Morgan fingerprint density at radius 2 is 1.18 bits per heavy atom. The van der Waals surface area contributed by atoms with Gasteiger partial charge in [-0.25, -0.2) is 0 Å². The molecule has 1 aliphatic heterocycles. The Bertz CT molecular complexity index is 1440. The van der Waals surface area contributed by atoms with Gasteiger partial charge in [-0.1, -0.05) is 84.9 Å². The summed E-state index contributed by atoms with van der Waals surface area (Å²) in [6.45, 7) is 4.44. The van der Waals surface area contributed by atoms with E-state index in [2.05, 4.69) is 29.3 Å². The van der Waals surface area contributed by atoms with Gasteiger partial charge in [0.15, 0.2) is 24.5 Å². The van der Waals surface area contributed by atoms with E-state index in [1.165, 1.54) is 27.7 Å². The summed E-state index contributed by atoms with van der Waals surface area (Å²) in [7, 11) is -0.982. The molecule has 1 fully saturated rings. The van der Waals surface area contributed by atoms with Crippen LogP contribution in [0, 0.1) is 0 Å². The Morgan fingerprint density at radius 3 is 1.73 bits per heavy atom. The normalized spacial score (nSPS) is 21.4. The van der Waals surface area contributed by atoms with Gasteiger partial charge in [-0.05, 0) is 23.8 Å². The van der Waals surface area contributed by atoms with Crippen molar-refractivity contribution in [3.8, 4) is 0 Å². The molecule has 0 amide bonds. The van der Waals surface area contributed by atoms with Crippen LogP contribution < -0.4 is 15.9 Å². The van der Waals surface area contributed by atoms with Gasteiger partial charge in [0.1, 0.15) is 12.7 Å². The molecule has 3 aromatic carbocycles. The number of carbonyl (C=O) groups excluding carboxylic acids is 4. The van der Waals surface area contributed by atoms with Crippen LogP contribution in [0.5, 0.6) is 0 Å². The first-order chi connectivity index (χ1) is 21.1. The van der Waals surface area contributed by atoms with Crippen molar-refractivity contribution in [1.29, 1.82) is 0 Å². The first kappa shape index (κ1) is 32.5. The summed E-state index contributed by atoms with van der Waals surface area (Å²) in [5.74, 6) is -2.68. The Morgan fingerprint density at radius 1 is 0.682 bits per heavy atom. The van der Waals surface area contributed by atoms with Gasteiger partial charge in [0, 0.05) is 39.5 Å². The van der Waals surface area contributed by atoms with Crippen LogP contribution in [0.25, 0.3) is 0 Å². The molecule has 10 nitrogen and oxygen atoms in total. The van der Waals surface area contributed by atoms with Crippen molar-refractivity contribution in [2.24, 2.45) is 4.99 Å². The number of hydrogen-bond donors (Lipinski definition) is 0. The number of rotatable bonds is 10. The summed E-state index contributed by atoms with van der Waals surface area (Å²) in [5.41, 5.74) is 0.791. The van der Waals surface area contributed by atoms with E-state index in [1.807, 2.05) is 60.7 Å². The summed E-state index contributed by atoms with van der Waals surface area (Å²) in [5, 5.41) is 3.30. The molecule has 0 unspecified atom stereocenters. The molecule has 230 valence electrons. The number of hydrogen-bond acceptors (Lipinski definition) is 10. The molecule has 44 heavy (non-hydrogen) atoms. The predicted octanol–water partition coefficient (Wildman–Crippen LogP) is 2.95. The molecule has 0 spiro atoms. The number of aliphatic imine (C=N–C) groups is 1. The maximum atomic E-state index is 12.2. The van der Waals surface area contributed by atoms with E-state index in [4.69, 9.17) is 23.7 Å². The molecule has 0 aromatic heterocycles. The molecule has 1 saturated heterocycles. The highest BCUT2D eigenvalue weighted by Gasteiger charge is 2.52. The van der Waals surface area contributed by atoms with Crippen molar-refractivity contribution in [2.45, 2.75) is 58.3 Å². The second kappa shape index (κ2) is 15.4. The lowest BCUT2D eigenvalue weighted by Crippen LogP contribution is -2.62. The maximum Gasteiger partial charge on any atom is 0.303 e. The minimum absolute atomic E-state index is 0.326.